The molecule has 0 bridgehead atoms. The number of rotatable bonds is 4. The van der Waals surface area contributed by atoms with Crippen molar-refractivity contribution in [2.75, 3.05) is 7.05 Å². The minimum atomic E-state index is -1.65. The van der Waals surface area contributed by atoms with Crippen LogP contribution in [0.15, 0.2) is 24.3 Å². The molecule has 4 nitrogen and oxygen atoms in total. The van der Waals surface area contributed by atoms with Crippen molar-refractivity contribution in [1.82, 2.24) is 5.32 Å². The molecule has 0 heterocycles. The van der Waals surface area contributed by atoms with Crippen LogP contribution in [-0.2, 0) is 4.79 Å². The maximum atomic E-state index is 13.7. The fraction of sp³-hybridized carbons (Fsp3) is 0.300. The summed E-state index contributed by atoms with van der Waals surface area (Å²) in [5.74, 6) is -1.24. The molecule has 1 aromatic carbocycles. The average Bonchev–Trinajstić information content (AvgIpc) is 2.19. The zero-order chi connectivity index (χ0) is 11.4. The molecule has 0 amide bonds. The first kappa shape index (κ1) is 11.5. The fourth-order valence-corrected chi connectivity index (χ4v) is 1.25. The van der Waals surface area contributed by atoms with E-state index in [0.717, 1.165) is 0 Å². The molecule has 2 atom stereocenters. The van der Waals surface area contributed by atoms with Gasteiger partial charge in [-0.1, -0.05) is 12.1 Å². The molecule has 15 heavy (non-hydrogen) atoms. The second-order valence-electron chi connectivity index (χ2n) is 3.10. The summed E-state index contributed by atoms with van der Waals surface area (Å²) in [7, 11) is 1.38. The van der Waals surface area contributed by atoms with Gasteiger partial charge in [0.1, 0.15) is 11.8 Å². The van der Waals surface area contributed by atoms with Crippen molar-refractivity contribution in [3.63, 3.8) is 0 Å². The lowest BCUT2D eigenvalue weighted by Gasteiger charge is -2.16. The van der Waals surface area contributed by atoms with Gasteiger partial charge in [0.15, 0.2) is 6.17 Å². The van der Waals surface area contributed by atoms with E-state index >= 15 is 0 Å². The lowest BCUT2D eigenvalue weighted by molar-refractivity contribution is -0.141. The standard InChI is InChI=1S/C10H12FNO3/c1-12-9(10(14)15)8(11)6-2-4-7(13)5-3-6/h2-5,8-9,12-13H,1H3,(H,14,15)/t8?,9-/m0/s1. The molecule has 0 aromatic heterocycles. The van der Waals surface area contributed by atoms with Gasteiger partial charge in [-0.25, -0.2) is 4.39 Å². The molecule has 0 radical (unpaired) electrons. The van der Waals surface area contributed by atoms with E-state index in [1.54, 1.807) is 0 Å². The van der Waals surface area contributed by atoms with E-state index in [-0.39, 0.29) is 11.3 Å². The molecule has 0 fully saturated rings. The molecule has 82 valence electrons. The highest BCUT2D eigenvalue weighted by molar-refractivity contribution is 5.74. The van der Waals surface area contributed by atoms with Crippen molar-refractivity contribution in [2.45, 2.75) is 12.2 Å². The molecular weight excluding hydrogens is 201 g/mol. The number of alkyl halides is 1. The summed E-state index contributed by atoms with van der Waals surface area (Å²) in [4.78, 5) is 10.7. The van der Waals surface area contributed by atoms with Gasteiger partial charge in [-0.3, -0.25) is 4.79 Å². The smallest absolute Gasteiger partial charge is 0.324 e. The Balaban J connectivity index is 2.87. The predicted molar refractivity (Wildman–Crippen MR) is 52.4 cm³/mol. The summed E-state index contributed by atoms with van der Waals surface area (Å²) in [6, 6.07) is 4.06. The molecule has 1 aromatic rings. The minimum Gasteiger partial charge on any atom is -0.508 e. The number of likely N-dealkylation sites (N-methyl/N-ethyl adjacent to an activating group) is 1. The summed E-state index contributed by atoms with van der Waals surface area (Å²) in [5.41, 5.74) is 0.217. The maximum Gasteiger partial charge on any atom is 0.324 e. The first-order chi connectivity index (χ1) is 7.06. The van der Waals surface area contributed by atoms with E-state index in [1.807, 2.05) is 0 Å². The van der Waals surface area contributed by atoms with Gasteiger partial charge in [0.2, 0.25) is 0 Å². The molecule has 0 aliphatic rings. The fourth-order valence-electron chi connectivity index (χ4n) is 1.25. The Morgan fingerprint density at radius 3 is 2.33 bits per heavy atom. The Morgan fingerprint density at radius 1 is 1.40 bits per heavy atom. The Kier molecular flexibility index (Phi) is 3.62. The summed E-state index contributed by atoms with van der Waals surface area (Å²) in [5, 5.41) is 20.1. The normalized spacial score (nSPS) is 14.5. The highest BCUT2D eigenvalue weighted by Gasteiger charge is 2.27. The zero-order valence-corrected chi connectivity index (χ0v) is 8.14. The quantitative estimate of drug-likeness (QED) is 0.699. The number of benzene rings is 1. The third-order valence-electron chi connectivity index (χ3n) is 2.08. The van der Waals surface area contributed by atoms with E-state index in [1.165, 1.54) is 31.3 Å². The van der Waals surface area contributed by atoms with Crippen LogP contribution < -0.4 is 5.32 Å². The van der Waals surface area contributed by atoms with Crippen molar-refractivity contribution < 1.29 is 19.4 Å². The van der Waals surface area contributed by atoms with Gasteiger partial charge in [0.05, 0.1) is 0 Å². The van der Waals surface area contributed by atoms with Gasteiger partial charge in [0.25, 0.3) is 0 Å². The Morgan fingerprint density at radius 2 is 1.93 bits per heavy atom. The number of phenolic OH excluding ortho intramolecular Hbond substituents is 1. The summed E-state index contributed by atoms with van der Waals surface area (Å²) < 4.78 is 13.7. The third kappa shape index (κ3) is 2.66. The Hall–Kier alpha value is -1.62. The third-order valence-corrected chi connectivity index (χ3v) is 2.08. The number of hydrogen-bond acceptors (Lipinski definition) is 3. The Bertz CT molecular complexity index is 339. The highest BCUT2D eigenvalue weighted by Crippen LogP contribution is 2.23. The van der Waals surface area contributed by atoms with Crippen LogP contribution in [0.25, 0.3) is 0 Å². The number of carboxylic acids is 1. The van der Waals surface area contributed by atoms with Crippen LogP contribution in [0.4, 0.5) is 4.39 Å². The van der Waals surface area contributed by atoms with Gasteiger partial charge in [0, 0.05) is 0 Å². The molecule has 1 rings (SSSR count). The van der Waals surface area contributed by atoms with Crippen molar-refractivity contribution in [2.24, 2.45) is 0 Å². The highest BCUT2D eigenvalue weighted by atomic mass is 19.1. The number of carboxylic acid groups (broad SMARTS) is 1. The van der Waals surface area contributed by atoms with Gasteiger partial charge in [-0.15, -0.1) is 0 Å². The van der Waals surface area contributed by atoms with Crippen LogP contribution >= 0.6 is 0 Å². The molecule has 0 spiro atoms. The van der Waals surface area contributed by atoms with Gasteiger partial charge >= 0.3 is 5.97 Å². The topological polar surface area (TPSA) is 69.6 Å². The molecular formula is C10H12FNO3. The van der Waals surface area contributed by atoms with E-state index in [9.17, 15) is 9.18 Å². The van der Waals surface area contributed by atoms with Crippen molar-refractivity contribution in [1.29, 1.82) is 0 Å². The van der Waals surface area contributed by atoms with E-state index in [2.05, 4.69) is 5.32 Å². The summed E-state index contributed by atoms with van der Waals surface area (Å²) in [6.07, 6.45) is -1.65. The lowest BCUT2D eigenvalue weighted by atomic mass is 10.0. The number of aromatic hydroxyl groups is 1. The number of nitrogens with one attached hydrogen (secondary N) is 1. The number of aliphatic carboxylic acids is 1. The van der Waals surface area contributed by atoms with Crippen molar-refractivity contribution in [3.8, 4) is 5.75 Å². The number of hydrogen-bond donors (Lipinski definition) is 3. The zero-order valence-electron chi connectivity index (χ0n) is 8.14. The van der Waals surface area contributed by atoms with E-state index in [0.29, 0.717) is 0 Å². The molecule has 1 unspecified atom stereocenters. The van der Waals surface area contributed by atoms with Crippen LogP contribution in [0, 0.1) is 0 Å². The molecule has 5 heteroatoms. The van der Waals surface area contributed by atoms with Crippen LogP contribution in [0.2, 0.25) is 0 Å². The molecule has 0 saturated carbocycles. The van der Waals surface area contributed by atoms with Crippen LogP contribution in [-0.4, -0.2) is 29.3 Å². The van der Waals surface area contributed by atoms with E-state index in [4.69, 9.17) is 10.2 Å². The first-order valence-corrected chi connectivity index (χ1v) is 4.39. The van der Waals surface area contributed by atoms with Crippen molar-refractivity contribution >= 4 is 5.97 Å². The van der Waals surface area contributed by atoms with Gasteiger partial charge < -0.3 is 15.5 Å². The molecule has 0 aliphatic carbocycles. The lowest BCUT2D eigenvalue weighted by Crippen LogP contribution is -2.37. The monoisotopic (exact) mass is 213 g/mol. The molecule has 0 aliphatic heterocycles. The van der Waals surface area contributed by atoms with Gasteiger partial charge in [-0.2, -0.15) is 0 Å². The Labute approximate surface area is 86.4 Å². The van der Waals surface area contributed by atoms with Crippen LogP contribution in [0.5, 0.6) is 5.75 Å². The predicted octanol–water partition coefficient (Wildman–Crippen LogP) is 1.08. The second kappa shape index (κ2) is 4.75. The van der Waals surface area contributed by atoms with Crippen LogP contribution in [0.3, 0.4) is 0 Å². The molecule has 0 saturated heterocycles. The second-order valence-corrected chi connectivity index (χ2v) is 3.10. The van der Waals surface area contributed by atoms with Crippen LogP contribution in [0.1, 0.15) is 11.7 Å². The molecule has 3 N–H and O–H groups in total. The van der Waals surface area contributed by atoms with E-state index < -0.39 is 18.2 Å². The SMILES string of the molecule is CN[C@H](C(=O)O)C(F)c1ccc(O)cc1. The minimum absolute atomic E-state index is 0.0160. The van der Waals surface area contributed by atoms with Gasteiger partial charge in [-0.05, 0) is 24.7 Å². The van der Waals surface area contributed by atoms with Crippen molar-refractivity contribution in [3.05, 3.63) is 29.8 Å². The summed E-state index contributed by atoms with van der Waals surface area (Å²) in [6.45, 7) is 0. The first-order valence-electron chi connectivity index (χ1n) is 4.39. The largest absolute Gasteiger partial charge is 0.508 e. The number of phenols is 1. The maximum absolute atomic E-state index is 13.7. The summed E-state index contributed by atoms with van der Waals surface area (Å²) >= 11 is 0. The number of carbonyl (C=O) groups is 1. The average molecular weight is 213 g/mol. The number of halogens is 1.